The number of nitrogens with zero attached hydrogens (tertiary/aromatic N) is 1. The van der Waals surface area contributed by atoms with E-state index in [0.29, 0.717) is 12.1 Å². The zero-order valence-electron chi connectivity index (χ0n) is 7.88. The first kappa shape index (κ1) is 9.01. The molecule has 1 aliphatic rings. The predicted molar refractivity (Wildman–Crippen MR) is 48.5 cm³/mol. The van der Waals surface area contributed by atoms with Gasteiger partial charge in [0.15, 0.2) is 0 Å². The van der Waals surface area contributed by atoms with Crippen molar-refractivity contribution in [3.63, 3.8) is 0 Å². The molecule has 0 aromatic heterocycles. The number of hydrogen-bond acceptors (Lipinski definition) is 2. The lowest BCUT2D eigenvalue weighted by Gasteiger charge is -2.27. The molecule has 1 rings (SSSR count). The molecule has 1 heterocycles. The molecule has 1 fully saturated rings. The van der Waals surface area contributed by atoms with Gasteiger partial charge < -0.3 is 5.73 Å². The molecule has 2 heteroatoms. The lowest BCUT2D eigenvalue weighted by molar-refractivity contribution is 0.206. The molecule has 0 radical (unpaired) electrons. The Morgan fingerprint density at radius 2 is 2.00 bits per heavy atom. The quantitative estimate of drug-likeness (QED) is 0.648. The van der Waals surface area contributed by atoms with Gasteiger partial charge >= 0.3 is 0 Å². The molecule has 1 aliphatic heterocycles. The average Bonchev–Trinajstić information content (AvgIpc) is 2.34. The SMILES string of the molecule is CC(C)C(C)N1CCC(N)C1. The molecule has 0 aromatic rings. The van der Waals surface area contributed by atoms with Crippen LogP contribution in [0.25, 0.3) is 0 Å². The van der Waals surface area contributed by atoms with E-state index in [0.717, 1.165) is 12.5 Å². The van der Waals surface area contributed by atoms with Gasteiger partial charge in [0.2, 0.25) is 0 Å². The fraction of sp³-hybridized carbons (Fsp3) is 1.00. The lowest BCUT2D eigenvalue weighted by atomic mass is 10.1. The molecular formula is C9H20N2. The van der Waals surface area contributed by atoms with E-state index < -0.39 is 0 Å². The van der Waals surface area contributed by atoms with Gasteiger partial charge in [0.1, 0.15) is 0 Å². The molecule has 66 valence electrons. The average molecular weight is 156 g/mol. The number of hydrogen-bond donors (Lipinski definition) is 1. The largest absolute Gasteiger partial charge is 0.326 e. The summed E-state index contributed by atoms with van der Waals surface area (Å²) in [4.78, 5) is 2.50. The molecule has 2 nitrogen and oxygen atoms in total. The van der Waals surface area contributed by atoms with Gasteiger partial charge in [0.05, 0.1) is 0 Å². The first-order valence-electron chi connectivity index (χ1n) is 4.61. The van der Waals surface area contributed by atoms with Crippen molar-refractivity contribution < 1.29 is 0 Å². The van der Waals surface area contributed by atoms with Crippen LogP contribution in [0.2, 0.25) is 0 Å². The van der Waals surface area contributed by atoms with E-state index >= 15 is 0 Å². The molecule has 2 atom stereocenters. The van der Waals surface area contributed by atoms with Crippen LogP contribution in [-0.2, 0) is 0 Å². The van der Waals surface area contributed by atoms with Crippen LogP contribution in [-0.4, -0.2) is 30.1 Å². The summed E-state index contributed by atoms with van der Waals surface area (Å²) in [6.07, 6.45) is 1.18. The molecule has 0 bridgehead atoms. The Hall–Kier alpha value is -0.0800. The van der Waals surface area contributed by atoms with E-state index in [2.05, 4.69) is 25.7 Å². The maximum Gasteiger partial charge on any atom is 0.0180 e. The fourth-order valence-electron chi connectivity index (χ4n) is 1.61. The van der Waals surface area contributed by atoms with Crippen molar-refractivity contribution in [2.45, 2.75) is 39.3 Å². The van der Waals surface area contributed by atoms with Crippen molar-refractivity contribution in [2.75, 3.05) is 13.1 Å². The summed E-state index contributed by atoms with van der Waals surface area (Å²) in [7, 11) is 0. The second-order valence-corrected chi connectivity index (χ2v) is 4.03. The highest BCUT2D eigenvalue weighted by Gasteiger charge is 2.24. The van der Waals surface area contributed by atoms with Crippen molar-refractivity contribution in [3.05, 3.63) is 0 Å². The standard InChI is InChI=1S/C9H20N2/c1-7(2)8(3)11-5-4-9(10)6-11/h7-9H,4-6,10H2,1-3H3. The van der Waals surface area contributed by atoms with Crippen LogP contribution in [0.4, 0.5) is 0 Å². The normalized spacial score (nSPS) is 29.7. The molecule has 0 amide bonds. The van der Waals surface area contributed by atoms with Gasteiger partial charge in [0, 0.05) is 25.2 Å². The van der Waals surface area contributed by atoms with Crippen LogP contribution in [0.15, 0.2) is 0 Å². The van der Waals surface area contributed by atoms with E-state index in [1.165, 1.54) is 13.0 Å². The second kappa shape index (κ2) is 3.55. The minimum atomic E-state index is 0.427. The minimum absolute atomic E-state index is 0.427. The number of rotatable bonds is 2. The van der Waals surface area contributed by atoms with E-state index in [-0.39, 0.29) is 0 Å². The Labute approximate surface area is 69.8 Å². The van der Waals surface area contributed by atoms with E-state index in [9.17, 15) is 0 Å². The first-order valence-corrected chi connectivity index (χ1v) is 4.61. The highest BCUT2D eigenvalue weighted by Crippen LogP contribution is 2.16. The maximum atomic E-state index is 5.82. The van der Waals surface area contributed by atoms with Crippen LogP contribution in [0.5, 0.6) is 0 Å². The third kappa shape index (κ3) is 2.17. The summed E-state index contributed by atoms with van der Waals surface area (Å²) in [5, 5.41) is 0. The van der Waals surface area contributed by atoms with Gasteiger partial charge in [-0.3, -0.25) is 4.90 Å². The van der Waals surface area contributed by atoms with Crippen molar-refractivity contribution in [3.8, 4) is 0 Å². The molecule has 1 saturated heterocycles. The fourth-order valence-corrected chi connectivity index (χ4v) is 1.61. The molecule has 2 N–H and O–H groups in total. The van der Waals surface area contributed by atoms with E-state index in [1.807, 2.05) is 0 Å². The highest BCUT2D eigenvalue weighted by molar-refractivity contribution is 4.82. The second-order valence-electron chi connectivity index (χ2n) is 4.03. The predicted octanol–water partition coefficient (Wildman–Crippen LogP) is 1.06. The maximum absolute atomic E-state index is 5.82. The summed E-state index contributed by atoms with van der Waals surface area (Å²) >= 11 is 0. The zero-order chi connectivity index (χ0) is 8.43. The smallest absolute Gasteiger partial charge is 0.0180 e. The van der Waals surface area contributed by atoms with Crippen LogP contribution in [0.1, 0.15) is 27.2 Å². The van der Waals surface area contributed by atoms with Gasteiger partial charge in [0.25, 0.3) is 0 Å². The molecular weight excluding hydrogens is 136 g/mol. The highest BCUT2D eigenvalue weighted by atomic mass is 15.2. The first-order chi connectivity index (χ1) is 5.11. The van der Waals surface area contributed by atoms with Crippen LogP contribution in [0, 0.1) is 5.92 Å². The Morgan fingerprint density at radius 3 is 2.36 bits per heavy atom. The third-order valence-corrected chi connectivity index (χ3v) is 2.80. The number of likely N-dealkylation sites (tertiary alicyclic amines) is 1. The summed E-state index contributed by atoms with van der Waals surface area (Å²) in [6, 6.07) is 1.12. The van der Waals surface area contributed by atoms with Crippen molar-refractivity contribution in [1.29, 1.82) is 0 Å². The van der Waals surface area contributed by atoms with Crippen molar-refractivity contribution in [2.24, 2.45) is 11.7 Å². The topological polar surface area (TPSA) is 29.3 Å². The van der Waals surface area contributed by atoms with Crippen LogP contribution < -0.4 is 5.73 Å². The number of nitrogens with two attached hydrogens (primary N) is 1. The Morgan fingerprint density at radius 1 is 1.36 bits per heavy atom. The van der Waals surface area contributed by atoms with Crippen molar-refractivity contribution >= 4 is 0 Å². The molecule has 0 spiro atoms. The van der Waals surface area contributed by atoms with Crippen LogP contribution in [0.3, 0.4) is 0 Å². The van der Waals surface area contributed by atoms with Crippen molar-refractivity contribution in [1.82, 2.24) is 4.90 Å². The monoisotopic (exact) mass is 156 g/mol. The third-order valence-electron chi connectivity index (χ3n) is 2.80. The summed E-state index contributed by atoms with van der Waals surface area (Å²) in [5.74, 6) is 0.750. The van der Waals surface area contributed by atoms with E-state index in [4.69, 9.17) is 5.73 Å². The van der Waals surface area contributed by atoms with E-state index in [1.54, 1.807) is 0 Å². The minimum Gasteiger partial charge on any atom is -0.326 e. The summed E-state index contributed by atoms with van der Waals surface area (Å²) in [6.45, 7) is 9.13. The van der Waals surface area contributed by atoms with Gasteiger partial charge in [-0.2, -0.15) is 0 Å². The molecule has 11 heavy (non-hydrogen) atoms. The molecule has 2 unspecified atom stereocenters. The summed E-state index contributed by atoms with van der Waals surface area (Å²) in [5.41, 5.74) is 5.82. The molecule has 0 saturated carbocycles. The Kier molecular flexibility index (Phi) is 2.90. The van der Waals surface area contributed by atoms with Gasteiger partial charge in [-0.1, -0.05) is 13.8 Å². The van der Waals surface area contributed by atoms with Gasteiger partial charge in [-0.15, -0.1) is 0 Å². The van der Waals surface area contributed by atoms with Crippen LogP contribution >= 0.6 is 0 Å². The Bertz CT molecular complexity index is 123. The molecule has 0 aliphatic carbocycles. The Balaban J connectivity index is 2.36. The molecule has 0 aromatic carbocycles. The van der Waals surface area contributed by atoms with Gasteiger partial charge in [-0.05, 0) is 19.3 Å². The lowest BCUT2D eigenvalue weighted by Crippen LogP contribution is -2.36. The summed E-state index contributed by atoms with van der Waals surface area (Å²) < 4.78 is 0. The van der Waals surface area contributed by atoms with Gasteiger partial charge in [-0.25, -0.2) is 0 Å². The zero-order valence-corrected chi connectivity index (χ0v) is 7.88.